The monoisotopic (exact) mass is 543 g/mol. The molecule has 0 aliphatic carbocycles. The van der Waals surface area contributed by atoms with Crippen LogP contribution < -0.4 is 16.4 Å². The van der Waals surface area contributed by atoms with Gasteiger partial charge in [0.05, 0.1) is 22.9 Å². The van der Waals surface area contributed by atoms with Crippen molar-refractivity contribution in [3.05, 3.63) is 71.4 Å². The fourth-order valence-corrected chi connectivity index (χ4v) is 5.71. The molecular formula is C24H23ClFN7O3S. The second-order valence-corrected chi connectivity index (χ2v) is 11.4. The summed E-state index contributed by atoms with van der Waals surface area (Å²) < 4.78 is 40.3. The van der Waals surface area contributed by atoms with Crippen LogP contribution in [-0.2, 0) is 16.4 Å². The number of anilines is 3. The van der Waals surface area contributed by atoms with Crippen LogP contribution in [0.25, 0.3) is 16.6 Å². The molecule has 0 radical (unpaired) electrons. The van der Waals surface area contributed by atoms with E-state index in [0.717, 1.165) is 5.69 Å². The standard InChI is InChI=1S/C24H23ClFN7O3S/c25-16-2-1-3-17(11-16)30-24(34)31-21-5-4-15(10-20(21)26)19-12-18(33-22(19)23(27)28-14-29-33)13-32-6-8-37(35,36)9-7-32/h1-5,10-12,14H,6-9,13H2,(H2,27,28,29)(H2,30,31,34). The molecule has 5 rings (SSSR count). The quantitative estimate of drug-likeness (QED) is 0.350. The Hall–Kier alpha value is -3.74. The SMILES string of the molecule is Nc1ncnn2c(CN3CCS(=O)(=O)CC3)cc(-c3ccc(NC(=O)Nc4cccc(Cl)c4)c(F)c3)c12. The smallest absolute Gasteiger partial charge is 0.323 e. The Labute approximate surface area is 217 Å². The number of nitrogens with one attached hydrogen (secondary N) is 2. The Kier molecular flexibility index (Phi) is 6.71. The van der Waals surface area contributed by atoms with E-state index in [9.17, 15) is 13.2 Å². The second kappa shape index (κ2) is 9.96. The molecule has 2 aromatic heterocycles. The van der Waals surface area contributed by atoms with Gasteiger partial charge >= 0.3 is 6.03 Å². The van der Waals surface area contributed by atoms with Crippen LogP contribution in [0.1, 0.15) is 5.69 Å². The van der Waals surface area contributed by atoms with Gasteiger partial charge in [0, 0.05) is 35.9 Å². The number of aromatic nitrogens is 3. The van der Waals surface area contributed by atoms with Crippen LogP contribution in [0.15, 0.2) is 54.9 Å². The fourth-order valence-electron chi connectivity index (χ4n) is 4.24. The first kappa shape index (κ1) is 24.9. The number of fused-ring (bicyclic) bond motifs is 1. The Morgan fingerprint density at radius 1 is 1.11 bits per heavy atom. The van der Waals surface area contributed by atoms with E-state index in [1.807, 2.05) is 11.0 Å². The molecule has 2 aromatic carbocycles. The average Bonchev–Trinajstić information content (AvgIpc) is 3.21. The summed E-state index contributed by atoms with van der Waals surface area (Å²) in [7, 11) is -3.01. The number of carbonyl (C=O) groups is 1. The molecule has 1 aliphatic heterocycles. The van der Waals surface area contributed by atoms with Crippen molar-refractivity contribution in [1.29, 1.82) is 0 Å². The van der Waals surface area contributed by atoms with Gasteiger partial charge in [-0.25, -0.2) is 27.1 Å². The number of nitrogens with two attached hydrogens (primary N) is 1. The first-order valence-electron chi connectivity index (χ1n) is 11.4. The molecule has 0 atom stereocenters. The van der Waals surface area contributed by atoms with E-state index in [4.69, 9.17) is 17.3 Å². The lowest BCUT2D eigenvalue weighted by molar-refractivity contribution is 0.262. The van der Waals surface area contributed by atoms with Crippen LogP contribution in [0.4, 0.5) is 26.4 Å². The number of nitrogen functional groups attached to an aromatic ring is 1. The topological polar surface area (TPSA) is 135 Å². The molecule has 10 nitrogen and oxygen atoms in total. The molecule has 192 valence electrons. The van der Waals surface area contributed by atoms with Gasteiger partial charge in [0.1, 0.15) is 17.7 Å². The summed E-state index contributed by atoms with van der Waals surface area (Å²) in [5.41, 5.74) is 9.04. The first-order valence-corrected chi connectivity index (χ1v) is 13.6. The van der Waals surface area contributed by atoms with Crippen LogP contribution in [0.5, 0.6) is 0 Å². The van der Waals surface area contributed by atoms with Gasteiger partial charge in [-0.3, -0.25) is 4.90 Å². The molecule has 0 spiro atoms. The first-order chi connectivity index (χ1) is 17.7. The highest BCUT2D eigenvalue weighted by atomic mass is 35.5. The van der Waals surface area contributed by atoms with Crippen LogP contribution in [0.2, 0.25) is 5.02 Å². The lowest BCUT2D eigenvalue weighted by Gasteiger charge is -2.26. The molecule has 0 unspecified atom stereocenters. The molecule has 1 aliphatic rings. The summed E-state index contributed by atoms with van der Waals surface area (Å²) in [6.07, 6.45) is 1.34. The summed E-state index contributed by atoms with van der Waals surface area (Å²) in [6, 6.07) is 12.2. The van der Waals surface area contributed by atoms with Crippen molar-refractivity contribution in [3.8, 4) is 11.1 Å². The maximum atomic E-state index is 15.1. The lowest BCUT2D eigenvalue weighted by atomic mass is 10.1. The average molecular weight is 544 g/mol. The molecule has 4 N–H and O–H groups in total. The molecule has 13 heteroatoms. The number of benzene rings is 2. The molecular weight excluding hydrogens is 521 g/mol. The van der Waals surface area contributed by atoms with Crippen LogP contribution >= 0.6 is 11.6 Å². The highest BCUT2D eigenvalue weighted by Crippen LogP contribution is 2.33. The molecule has 37 heavy (non-hydrogen) atoms. The maximum Gasteiger partial charge on any atom is 0.323 e. The van der Waals surface area contributed by atoms with Gasteiger partial charge in [0.2, 0.25) is 0 Å². The highest BCUT2D eigenvalue weighted by molar-refractivity contribution is 7.91. The van der Waals surface area contributed by atoms with E-state index in [1.165, 1.54) is 18.5 Å². The van der Waals surface area contributed by atoms with E-state index in [-0.39, 0.29) is 23.0 Å². The molecule has 0 saturated carbocycles. The van der Waals surface area contributed by atoms with E-state index in [2.05, 4.69) is 20.7 Å². The van der Waals surface area contributed by atoms with E-state index >= 15 is 4.39 Å². The Bertz CT molecular complexity index is 1600. The van der Waals surface area contributed by atoms with Crippen molar-refractivity contribution in [2.45, 2.75) is 6.54 Å². The number of halogens is 2. The van der Waals surface area contributed by atoms with E-state index in [1.54, 1.807) is 34.8 Å². The van der Waals surface area contributed by atoms with Crippen molar-refractivity contribution in [2.75, 3.05) is 41.0 Å². The van der Waals surface area contributed by atoms with Crippen LogP contribution in [-0.4, -0.2) is 58.5 Å². The summed E-state index contributed by atoms with van der Waals surface area (Å²) in [5.74, 6) is -0.215. The number of amides is 2. The minimum atomic E-state index is -3.01. The predicted octanol–water partition coefficient (Wildman–Crippen LogP) is 3.65. The zero-order chi connectivity index (χ0) is 26.2. The minimum absolute atomic E-state index is 0.00855. The lowest BCUT2D eigenvalue weighted by Crippen LogP contribution is -2.39. The molecule has 0 bridgehead atoms. The van der Waals surface area contributed by atoms with E-state index < -0.39 is 21.7 Å². The van der Waals surface area contributed by atoms with Crippen molar-refractivity contribution in [2.24, 2.45) is 0 Å². The van der Waals surface area contributed by atoms with Gasteiger partial charge in [0.25, 0.3) is 0 Å². The maximum absolute atomic E-state index is 15.1. The zero-order valence-electron chi connectivity index (χ0n) is 19.5. The molecule has 3 heterocycles. The normalized spacial score (nSPS) is 15.5. The van der Waals surface area contributed by atoms with Gasteiger partial charge in [0.15, 0.2) is 15.7 Å². The van der Waals surface area contributed by atoms with Gasteiger partial charge in [-0.2, -0.15) is 5.10 Å². The number of nitrogens with zero attached hydrogens (tertiary/aromatic N) is 4. The number of sulfone groups is 1. The van der Waals surface area contributed by atoms with Crippen molar-refractivity contribution in [3.63, 3.8) is 0 Å². The predicted molar refractivity (Wildman–Crippen MR) is 141 cm³/mol. The van der Waals surface area contributed by atoms with Crippen LogP contribution in [0, 0.1) is 5.82 Å². The molecule has 2 amide bonds. The third-order valence-electron chi connectivity index (χ3n) is 6.09. The van der Waals surface area contributed by atoms with Crippen molar-refractivity contribution in [1.82, 2.24) is 19.5 Å². The Morgan fingerprint density at radius 2 is 1.89 bits per heavy atom. The van der Waals surface area contributed by atoms with E-state index in [0.29, 0.717) is 47.0 Å². The number of urea groups is 1. The molecule has 4 aromatic rings. The highest BCUT2D eigenvalue weighted by Gasteiger charge is 2.24. The third-order valence-corrected chi connectivity index (χ3v) is 7.93. The van der Waals surface area contributed by atoms with Gasteiger partial charge < -0.3 is 16.4 Å². The third kappa shape index (κ3) is 5.50. The summed E-state index contributed by atoms with van der Waals surface area (Å²) in [5, 5.41) is 9.88. The number of hydrogen-bond acceptors (Lipinski definition) is 7. The number of hydrogen-bond donors (Lipinski definition) is 3. The summed E-state index contributed by atoms with van der Waals surface area (Å²) in [6.45, 7) is 1.27. The molecule has 1 fully saturated rings. The Morgan fingerprint density at radius 3 is 2.62 bits per heavy atom. The summed E-state index contributed by atoms with van der Waals surface area (Å²) in [4.78, 5) is 18.4. The largest absolute Gasteiger partial charge is 0.382 e. The fraction of sp³-hybridized carbons (Fsp3) is 0.208. The van der Waals surface area contributed by atoms with Crippen molar-refractivity contribution < 1.29 is 17.6 Å². The zero-order valence-corrected chi connectivity index (χ0v) is 21.1. The van der Waals surface area contributed by atoms with Gasteiger partial charge in [-0.15, -0.1) is 0 Å². The van der Waals surface area contributed by atoms with Gasteiger partial charge in [-0.05, 0) is 42.0 Å². The summed E-state index contributed by atoms with van der Waals surface area (Å²) >= 11 is 5.93. The number of rotatable bonds is 5. The van der Waals surface area contributed by atoms with Gasteiger partial charge in [-0.1, -0.05) is 23.7 Å². The Balaban J connectivity index is 1.40. The van der Waals surface area contributed by atoms with Crippen molar-refractivity contribution >= 4 is 50.2 Å². The molecule has 1 saturated heterocycles. The second-order valence-electron chi connectivity index (χ2n) is 8.67. The van der Waals surface area contributed by atoms with Crippen LogP contribution in [0.3, 0.4) is 0 Å². The number of carbonyl (C=O) groups excluding carboxylic acids is 1. The minimum Gasteiger partial charge on any atom is -0.382 e.